The maximum atomic E-state index is 13.5. The topological polar surface area (TPSA) is 55.1 Å². The summed E-state index contributed by atoms with van der Waals surface area (Å²) in [7, 11) is 0. The summed E-state index contributed by atoms with van der Waals surface area (Å²) in [6.07, 6.45) is 3.74. The molecule has 148 valence electrons. The largest absolute Gasteiger partial charge is 0.354 e. The molecule has 4 rings (SSSR count). The monoisotopic (exact) mass is 389 g/mol. The smallest absolute Gasteiger partial charge is 0.223 e. The van der Waals surface area contributed by atoms with Gasteiger partial charge >= 0.3 is 0 Å². The molecule has 1 N–H and O–H groups in total. The van der Waals surface area contributed by atoms with Crippen molar-refractivity contribution < 1.29 is 4.39 Å². The van der Waals surface area contributed by atoms with Gasteiger partial charge < -0.3 is 5.32 Å². The van der Waals surface area contributed by atoms with E-state index in [4.69, 9.17) is 9.97 Å². The summed E-state index contributed by atoms with van der Waals surface area (Å²) in [5.74, 6) is 0.301. The quantitative estimate of drug-likeness (QED) is 0.510. The molecule has 0 radical (unpaired) electrons. The molecular weight excluding hydrogens is 365 g/mol. The van der Waals surface area contributed by atoms with E-state index < -0.39 is 0 Å². The van der Waals surface area contributed by atoms with Crippen LogP contribution in [0.4, 0.5) is 10.3 Å². The zero-order valence-corrected chi connectivity index (χ0v) is 17.1. The molecule has 0 saturated heterocycles. The number of hydrogen-bond donors (Lipinski definition) is 1. The van der Waals surface area contributed by atoms with Crippen LogP contribution < -0.4 is 5.32 Å². The lowest BCUT2D eigenvalue weighted by Gasteiger charge is -2.18. The second kappa shape index (κ2) is 7.28. The summed E-state index contributed by atoms with van der Waals surface area (Å²) < 4.78 is 15.5. The molecule has 0 amide bonds. The van der Waals surface area contributed by atoms with Crippen molar-refractivity contribution in [1.82, 2.24) is 19.4 Å². The van der Waals surface area contributed by atoms with E-state index in [9.17, 15) is 4.39 Å². The molecule has 0 aliphatic rings. The second-order valence-electron chi connectivity index (χ2n) is 8.43. The van der Waals surface area contributed by atoms with Crippen molar-refractivity contribution >= 4 is 11.6 Å². The number of rotatable bonds is 4. The van der Waals surface area contributed by atoms with E-state index >= 15 is 0 Å². The van der Waals surface area contributed by atoms with Crippen molar-refractivity contribution in [3.8, 4) is 22.6 Å². The van der Waals surface area contributed by atoms with Gasteiger partial charge in [0, 0.05) is 24.5 Å². The number of imidazole rings is 1. The standard InChI is InChI=1S/C23H24FN5/c1-15-10-12-29-19(13-15)28-20(16-5-7-17(24)8-6-16)21(29)18-9-11-25-22(27-18)26-14-23(2,3)4/h5-13H,14H2,1-4H3,(H,25,26,27). The Morgan fingerprint density at radius 3 is 2.52 bits per heavy atom. The van der Waals surface area contributed by atoms with Crippen molar-refractivity contribution in [3.63, 3.8) is 0 Å². The van der Waals surface area contributed by atoms with Crippen LogP contribution in [0.5, 0.6) is 0 Å². The molecule has 0 atom stereocenters. The molecule has 5 nitrogen and oxygen atoms in total. The maximum Gasteiger partial charge on any atom is 0.223 e. The van der Waals surface area contributed by atoms with Gasteiger partial charge in [0.05, 0.1) is 17.1 Å². The minimum atomic E-state index is -0.273. The molecule has 0 fully saturated rings. The first kappa shape index (κ1) is 19.1. The Balaban J connectivity index is 1.86. The van der Waals surface area contributed by atoms with E-state index in [1.165, 1.54) is 12.1 Å². The van der Waals surface area contributed by atoms with Crippen molar-refractivity contribution in [2.75, 3.05) is 11.9 Å². The first-order chi connectivity index (χ1) is 13.8. The van der Waals surface area contributed by atoms with E-state index in [1.807, 2.05) is 35.7 Å². The van der Waals surface area contributed by atoms with E-state index in [0.29, 0.717) is 5.95 Å². The Hall–Kier alpha value is -3.28. The summed E-state index contributed by atoms with van der Waals surface area (Å²) >= 11 is 0. The van der Waals surface area contributed by atoms with Gasteiger partial charge in [-0.2, -0.15) is 0 Å². The van der Waals surface area contributed by atoms with Gasteiger partial charge in [0.1, 0.15) is 11.5 Å². The van der Waals surface area contributed by atoms with Crippen LogP contribution in [0.1, 0.15) is 26.3 Å². The van der Waals surface area contributed by atoms with Crippen LogP contribution in [0.25, 0.3) is 28.3 Å². The summed E-state index contributed by atoms with van der Waals surface area (Å²) in [5, 5.41) is 3.31. The molecule has 1 aromatic carbocycles. The van der Waals surface area contributed by atoms with Crippen LogP contribution in [0, 0.1) is 18.2 Å². The van der Waals surface area contributed by atoms with Crippen LogP contribution in [-0.2, 0) is 0 Å². The number of aryl methyl sites for hydroxylation is 1. The third-order valence-corrected chi connectivity index (χ3v) is 4.57. The molecule has 4 aromatic rings. The Morgan fingerprint density at radius 2 is 1.79 bits per heavy atom. The van der Waals surface area contributed by atoms with E-state index in [1.54, 1.807) is 18.3 Å². The van der Waals surface area contributed by atoms with Gasteiger partial charge in [-0.05, 0) is 60.4 Å². The van der Waals surface area contributed by atoms with E-state index in [2.05, 4.69) is 31.1 Å². The number of nitrogens with zero attached hydrogens (tertiary/aromatic N) is 4. The van der Waals surface area contributed by atoms with Gasteiger partial charge in [-0.1, -0.05) is 20.8 Å². The van der Waals surface area contributed by atoms with Gasteiger partial charge in [-0.3, -0.25) is 4.40 Å². The molecule has 0 bridgehead atoms. The van der Waals surface area contributed by atoms with Gasteiger partial charge in [0.25, 0.3) is 0 Å². The number of benzene rings is 1. The third kappa shape index (κ3) is 4.11. The predicted molar refractivity (Wildman–Crippen MR) is 114 cm³/mol. The normalized spacial score (nSPS) is 11.8. The zero-order chi connectivity index (χ0) is 20.6. The average molecular weight is 389 g/mol. The van der Waals surface area contributed by atoms with Crippen LogP contribution in [0.3, 0.4) is 0 Å². The molecule has 3 aromatic heterocycles. The Kier molecular flexibility index (Phi) is 4.78. The molecule has 0 aliphatic carbocycles. The first-order valence-corrected chi connectivity index (χ1v) is 9.62. The Bertz CT molecular complexity index is 1160. The van der Waals surface area contributed by atoms with Crippen LogP contribution in [0.15, 0.2) is 54.9 Å². The third-order valence-electron chi connectivity index (χ3n) is 4.57. The lowest BCUT2D eigenvalue weighted by Crippen LogP contribution is -2.20. The number of halogens is 1. The minimum absolute atomic E-state index is 0.111. The molecule has 3 heterocycles. The molecular formula is C23H24FN5. The highest BCUT2D eigenvalue weighted by Gasteiger charge is 2.18. The Morgan fingerprint density at radius 1 is 1.03 bits per heavy atom. The summed E-state index contributed by atoms with van der Waals surface area (Å²) in [6, 6.07) is 12.3. The number of anilines is 1. The van der Waals surface area contributed by atoms with Gasteiger partial charge in [-0.25, -0.2) is 19.3 Å². The molecule has 29 heavy (non-hydrogen) atoms. The molecule has 0 aliphatic heterocycles. The fourth-order valence-electron chi connectivity index (χ4n) is 3.12. The average Bonchev–Trinajstić information content (AvgIpc) is 3.05. The van der Waals surface area contributed by atoms with Crippen LogP contribution in [-0.4, -0.2) is 25.9 Å². The fraction of sp³-hybridized carbons (Fsp3) is 0.261. The predicted octanol–water partition coefficient (Wildman–Crippen LogP) is 5.36. The van der Waals surface area contributed by atoms with E-state index in [0.717, 1.165) is 40.4 Å². The molecule has 6 heteroatoms. The van der Waals surface area contributed by atoms with Crippen LogP contribution >= 0.6 is 0 Å². The molecule has 0 unspecified atom stereocenters. The lowest BCUT2D eigenvalue weighted by molar-refractivity contribution is 0.442. The number of nitrogens with one attached hydrogen (secondary N) is 1. The van der Waals surface area contributed by atoms with Gasteiger partial charge in [0.15, 0.2) is 0 Å². The van der Waals surface area contributed by atoms with Crippen molar-refractivity contribution in [3.05, 3.63) is 66.2 Å². The minimum Gasteiger partial charge on any atom is -0.354 e. The maximum absolute atomic E-state index is 13.5. The first-order valence-electron chi connectivity index (χ1n) is 9.62. The van der Waals surface area contributed by atoms with Crippen molar-refractivity contribution in [1.29, 1.82) is 0 Å². The number of fused-ring (bicyclic) bond motifs is 1. The zero-order valence-electron chi connectivity index (χ0n) is 17.1. The Labute approximate surface area is 169 Å². The fourth-order valence-corrected chi connectivity index (χ4v) is 3.12. The van der Waals surface area contributed by atoms with E-state index in [-0.39, 0.29) is 11.2 Å². The van der Waals surface area contributed by atoms with Crippen LogP contribution in [0.2, 0.25) is 0 Å². The highest BCUT2D eigenvalue weighted by atomic mass is 19.1. The highest BCUT2D eigenvalue weighted by Crippen LogP contribution is 2.32. The van der Waals surface area contributed by atoms with Gasteiger partial charge in [0.2, 0.25) is 5.95 Å². The van der Waals surface area contributed by atoms with Gasteiger partial charge in [-0.15, -0.1) is 0 Å². The van der Waals surface area contributed by atoms with Crippen molar-refractivity contribution in [2.24, 2.45) is 5.41 Å². The highest BCUT2D eigenvalue weighted by molar-refractivity contribution is 5.80. The number of hydrogen-bond acceptors (Lipinski definition) is 4. The summed E-state index contributed by atoms with van der Waals surface area (Å²) in [5.41, 5.74) is 5.26. The second-order valence-corrected chi connectivity index (χ2v) is 8.43. The molecule has 0 spiro atoms. The molecule has 0 saturated carbocycles. The number of pyridine rings is 1. The summed E-state index contributed by atoms with van der Waals surface area (Å²) in [4.78, 5) is 13.9. The van der Waals surface area contributed by atoms with Crippen molar-refractivity contribution in [2.45, 2.75) is 27.7 Å². The SMILES string of the molecule is Cc1ccn2c(-c3ccnc(NCC(C)(C)C)n3)c(-c3ccc(F)cc3)nc2c1. The summed E-state index contributed by atoms with van der Waals surface area (Å²) in [6.45, 7) is 9.26. The number of aromatic nitrogens is 4. The lowest BCUT2D eigenvalue weighted by atomic mass is 9.97.